The summed E-state index contributed by atoms with van der Waals surface area (Å²) in [6.07, 6.45) is 1.09. The summed E-state index contributed by atoms with van der Waals surface area (Å²) in [5.41, 5.74) is 0.880. The van der Waals surface area contributed by atoms with Gasteiger partial charge in [0.25, 0.3) is 0 Å². The average Bonchev–Trinajstić information content (AvgIpc) is 3.03. The molecule has 1 aromatic heterocycles. The number of hydrogen-bond acceptors (Lipinski definition) is 8. The standard InChI is InChI=1S/C21H17ClN2O5S/c1-4-29-21(27)20-11(2)14(10-24)18(30-20)8-16(25)13(9-23)5-12-6-15(22)19(26)17(7-12)28-3/h5-7,26H,4,8H2,1-3H3/b13-5+. The molecule has 0 atom stereocenters. The monoisotopic (exact) mass is 444 g/mol. The van der Waals surface area contributed by atoms with Crippen LogP contribution in [0.3, 0.4) is 0 Å². The summed E-state index contributed by atoms with van der Waals surface area (Å²) in [6.45, 7) is 3.47. The maximum atomic E-state index is 12.7. The minimum absolute atomic E-state index is 0.00469. The molecule has 154 valence electrons. The van der Waals surface area contributed by atoms with Gasteiger partial charge in [-0.25, -0.2) is 4.79 Å². The van der Waals surface area contributed by atoms with Crippen molar-refractivity contribution in [2.45, 2.75) is 20.3 Å². The fraction of sp³-hybridized carbons (Fsp3) is 0.238. The Morgan fingerprint density at radius 3 is 2.60 bits per heavy atom. The number of esters is 1. The quantitative estimate of drug-likeness (QED) is 0.386. The molecule has 0 unspecified atom stereocenters. The lowest BCUT2D eigenvalue weighted by atomic mass is 10.0. The highest BCUT2D eigenvalue weighted by Crippen LogP contribution is 2.36. The first-order valence-corrected chi connectivity index (χ1v) is 9.87. The minimum Gasteiger partial charge on any atom is -0.503 e. The van der Waals surface area contributed by atoms with Crippen LogP contribution in [0.25, 0.3) is 6.08 Å². The summed E-state index contributed by atoms with van der Waals surface area (Å²) in [4.78, 5) is 25.4. The summed E-state index contributed by atoms with van der Waals surface area (Å²) in [5.74, 6) is -1.25. The second-order valence-corrected chi connectivity index (χ2v) is 7.52. The Morgan fingerprint density at radius 1 is 1.33 bits per heavy atom. The van der Waals surface area contributed by atoms with Crippen molar-refractivity contribution in [2.75, 3.05) is 13.7 Å². The van der Waals surface area contributed by atoms with Crippen LogP contribution in [0, 0.1) is 29.6 Å². The van der Waals surface area contributed by atoms with Gasteiger partial charge in [-0.15, -0.1) is 11.3 Å². The van der Waals surface area contributed by atoms with E-state index in [1.165, 1.54) is 25.3 Å². The molecule has 0 radical (unpaired) electrons. The number of Topliss-reactive ketones (excluding diaryl/α,β-unsaturated/α-hetero) is 1. The number of hydrogen-bond donors (Lipinski definition) is 1. The van der Waals surface area contributed by atoms with Crippen LogP contribution in [0.5, 0.6) is 11.5 Å². The Bertz CT molecular complexity index is 1120. The fourth-order valence-corrected chi connectivity index (χ4v) is 4.02. The highest BCUT2D eigenvalue weighted by molar-refractivity contribution is 7.14. The maximum absolute atomic E-state index is 12.7. The van der Waals surface area contributed by atoms with Gasteiger partial charge in [0.15, 0.2) is 17.3 Å². The number of thiophene rings is 1. The van der Waals surface area contributed by atoms with E-state index in [4.69, 9.17) is 21.1 Å². The van der Waals surface area contributed by atoms with E-state index < -0.39 is 11.8 Å². The summed E-state index contributed by atoms with van der Waals surface area (Å²) < 4.78 is 10.0. The first-order chi connectivity index (χ1) is 14.3. The molecule has 1 aromatic carbocycles. The van der Waals surface area contributed by atoms with Crippen LogP contribution < -0.4 is 4.74 Å². The molecule has 2 aromatic rings. The SMILES string of the molecule is CCOC(=O)c1sc(CC(=O)/C(C#N)=C/c2cc(Cl)c(O)c(OC)c2)c(C#N)c1C. The van der Waals surface area contributed by atoms with Crippen molar-refractivity contribution in [3.8, 4) is 23.6 Å². The third-order valence-electron chi connectivity index (χ3n) is 4.12. The first-order valence-electron chi connectivity index (χ1n) is 8.68. The van der Waals surface area contributed by atoms with E-state index in [1.807, 2.05) is 12.1 Å². The summed E-state index contributed by atoms with van der Waals surface area (Å²) in [5, 5.41) is 28.7. The molecule has 0 aliphatic heterocycles. The predicted octanol–water partition coefficient (Wildman–Crippen LogP) is 4.19. The second-order valence-electron chi connectivity index (χ2n) is 6.01. The number of nitrogens with zero attached hydrogens (tertiary/aromatic N) is 2. The smallest absolute Gasteiger partial charge is 0.348 e. The summed E-state index contributed by atoms with van der Waals surface area (Å²) >= 11 is 6.95. The van der Waals surface area contributed by atoms with Gasteiger partial charge in [0.05, 0.1) is 29.9 Å². The molecule has 2 rings (SSSR count). The Balaban J connectivity index is 2.39. The van der Waals surface area contributed by atoms with Crippen molar-refractivity contribution in [3.63, 3.8) is 0 Å². The third-order valence-corrected chi connectivity index (χ3v) is 5.68. The average molecular weight is 445 g/mol. The van der Waals surface area contributed by atoms with Gasteiger partial charge in [0.1, 0.15) is 17.0 Å². The maximum Gasteiger partial charge on any atom is 0.348 e. The largest absolute Gasteiger partial charge is 0.503 e. The van der Waals surface area contributed by atoms with Crippen molar-refractivity contribution in [2.24, 2.45) is 0 Å². The molecular formula is C21H17ClN2O5S. The molecule has 0 saturated heterocycles. The van der Waals surface area contributed by atoms with E-state index in [9.17, 15) is 25.2 Å². The number of halogens is 1. The molecule has 0 spiro atoms. The zero-order valence-electron chi connectivity index (χ0n) is 16.4. The van der Waals surface area contributed by atoms with E-state index in [2.05, 4.69) is 0 Å². The third kappa shape index (κ3) is 4.80. The molecule has 0 aliphatic rings. The number of methoxy groups -OCH3 is 1. The zero-order chi connectivity index (χ0) is 22.4. The normalized spacial score (nSPS) is 10.8. The predicted molar refractivity (Wildman–Crippen MR) is 112 cm³/mol. The van der Waals surface area contributed by atoms with Gasteiger partial charge in [0.2, 0.25) is 0 Å². The molecule has 1 heterocycles. The number of ether oxygens (including phenoxy) is 2. The van der Waals surface area contributed by atoms with Crippen LogP contribution in [-0.2, 0) is 16.0 Å². The first kappa shape index (κ1) is 23.0. The Hall–Kier alpha value is -3.33. The van der Waals surface area contributed by atoms with Crippen LogP contribution >= 0.6 is 22.9 Å². The highest BCUT2D eigenvalue weighted by Gasteiger charge is 2.23. The lowest BCUT2D eigenvalue weighted by Gasteiger charge is -2.06. The van der Waals surface area contributed by atoms with Crippen LogP contribution in [0.1, 0.15) is 38.2 Å². The Morgan fingerprint density at radius 2 is 2.03 bits per heavy atom. The van der Waals surface area contributed by atoms with E-state index >= 15 is 0 Å². The molecule has 0 fully saturated rings. The van der Waals surface area contributed by atoms with Gasteiger partial charge in [-0.3, -0.25) is 4.79 Å². The summed E-state index contributed by atoms with van der Waals surface area (Å²) in [6, 6.07) is 6.67. The summed E-state index contributed by atoms with van der Waals surface area (Å²) in [7, 11) is 1.35. The van der Waals surface area contributed by atoms with Crippen LogP contribution in [0.15, 0.2) is 17.7 Å². The Labute approximate surface area is 182 Å². The number of phenols is 1. The minimum atomic E-state index is -0.558. The molecule has 0 aliphatic carbocycles. The molecule has 30 heavy (non-hydrogen) atoms. The van der Waals surface area contributed by atoms with Gasteiger partial charge < -0.3 is 14.6 Å². The molecule has 7 nitrogen and oxygen atoms in total. The number of benzene rings is 1. The fourth-order valence-electron chi connectivity index (χ4n) is 2.65. The zero-order valence-corrected chi connectivity index (χ0v) is 18.0. The number of nitriles is 2. The van der Waals surface area contributed by atoms with E-state index in [0.717, 1.165) is 11.3 Å². The number of aromatic hydroxyl groups is 1. The van der Waals surface area contributed by atoms with Crippen LogP contribution in [0.2, 0.25) is 5.02 Å². The number of allylic oxidation sites excluding steroid dienone is 1. The molecule has 0 saturated carbocycles. The van der Waals surface area contributed by atoms with Gasteiger partial charge in [-0.1, -0.05) is 11.6 Å². The lowest BCUT2D eigenvalue weighted by Crippen LogP contribution is -2.05. The molecule has 1 N–H and O–H groups in total. The van der Waals surface area contributed by atoms with Gasteiger partial charge in [-0.2, -0.15) is 10.5 Å². The number of ketones is 1. The Kier molecular flexibility index (Phi) is 7.60. The topological polar surface area (TPSA) is 120 Å². The van der Waals surface area contributed by atoms with Crippen molar-refractivity contribution in [1.29, 1.82) is 10.5 Å². The number of carbonyl (C=O) groups is 2. The lowest BCUT2D eigenvalue weighted by molar-refractivity contribution is -0.114. The van der Waals surface area contributed by atoms with Crippen molar-refractivity contribution in [3.05, 3.63) is 49.2 Å². The van der Waals surface area contributed by atoms with E-state index in [1.54, 1.807) is 13.8 Å². The number of carbonyl (C=O) groups excluding carboxylic acids is 2. The molecule has 9 heteroatoms. The molecule has 0 bridgehead atoms. The second kappa shape index (κ2) is 9.93. The van der Waals surface area contributed by atoms with Crippen molar-refractivity contribution < 1.29 is 24.2 Å². The molecule has 0 amide bonds. The number of rotatable bonds is 7. The highest BCUT2D eigenvalue weighted by atomic mass is 35.5. The van der Waals surface area contributed by atoms with E-state index in [0.29, 0.717) is 16.0 Å². The van der Waals surface area contributed by atoms with Gasteiger partial charge in [-0.05, 0) is 43.2 Å². The van der Waals surface area contributed by atoms with Crippen molar-refractivity contribution in [1.82, 2.24) is 0 Å². The number of phenolic OH excluding ortho intramolecular Hbond substituents is 1. The van der Waals surface area contributed by atoms with Gasteiger partial charge in [0, 0.05) is 11.3 Å². The van der Waals surface area contributed by atoms with Crippen LogP contribution in [0.4, 0.5) is 0 Å². The van der Waals surface area contributed by atoms with Crippen molar-refractivity contribution >= 4 is 40.8 Å². The van der Waals surface area contributed by atoms with Crippen LogP contribution in [-0.4, -0.2) is 30.6 Å². The molecular weight excluding hydrogens is 428 g/mol. The van der Waals surface area contributed by atoms with E-state index in [-0.39, 0.29) is 45.6 Å². The van der Waals surface area contributed by atoms with Gasteiger partial charge >= 0.3 is 5.97 Å².